The molecule has 0 radical (unpaired) electrons. The number of rotatable bonds is 13. The highest BCUT2D eigenvalue weighted by atomic mass is 19.1. The van der Waals surface area contributed by atoms with Gasteiger partial charge in [-0.25, -0.2) is 13.6 Å². The summed E-state index contributed by atoms with van der Waals surface area (Å²) in [5.41, 5.74) is 0.456. The molecule has 1 fully saturated rings. The van der Waals surface area contributed by atoms with Crippen LogP contribution in [0.3, 0.4) is 0 Å². The van der Waals surface area contributed by atoms with E-state index in [4.69, 9.17) is 9.47 Å². The Bertz CT molecular complexity index is 1470. The normalized spacial score (nSPS) is 16.8. The molecule has 3 unspecified atom stereocenters. The molecule has 3 rings (SSSR count). The zero-order valence-electron chi connectivity index (χ0n) is 31.9. The molecule has 0 spiro atoms. The maximum atomic E-state index is 14.3. The minimum Gasteiger partial charge on any atom is -0.460 e. The highest BCUT2D eigenvalue weighted by molar-refractivity contribution is 5.86. The molecule has 51 heavy (non-hydrogen) atoms. The van der Waals surface area contributed by atoms with Gasteiger partial charge in [0.25, 0.3) is 0 Å². The SMILES string of the molecule is CC(C)(C)OC(=O)CCC(NC(=O)OC(C)(C)C)C(=O)NC(Cc1cc(F)cc(F)c1)C(O)CNC1(c2cccc(C(C)(C)C)c2)CCCCC1. The third-order valence-corrected chi connectivity index (χ3v) is 8.87. The summed E-state index contributed by atoms with van der Waals surface area (Å²) in [5.74, 6) is -2.83. The molecule has 0 aromatic heterocycles. The van der Waals surface area contributed by atoms with Gasteiger partial charge in [-0.1, -0.05) is 64.3 Å². The molecule has 284 valence electrons. The summed E-state index contributed by atoms with van der Waals surface area (Å²) in [6, 6.07) is 9.28. The number of hydrogen-bond acceptors (Lipinski definition) is 7. The van der Waals surface area contributed by atoms with E-state index in [9.17, 15) is 28.3 Å². The van der Waals surface area contributed by atoms with Crippen molar-refractivity contribution < 1.29 is 37.7 Å². The van der Waals surface area contributed by atoms with Crippen molar-refractivity contribution in [2.24, 2.45) is 0 Å². The predicted octanol–water partition coefficient (Wildman–Crippen LogP) is 7.11. The molecule has 4 N–H and O–H groups in total. The summed E-state index contributed by atoms with van der Waals surface area (Å²) in [7, 11) is 0. The van der Waals surface area contributed by atoms with Gasteiger partial charge in [0.05, 0.1) is 12.1 Å². The summed E-state index contributed by atoms with van der Waals surface area (Å²) in [4.78, 5) is 39.3. The molecule has 1 saturated carbocycles. The number of carbonyl (C=O) groups excluding carboxylic acids is 3. The summed E-state index contributed by atoms with van der Waals surface area (Å²) in [6.45, 7) is 16.8. The molecule has 9 nitrogen and oxygen atoms in total. The van der Waals surface area contributed by atoms with Crippen molar-refractivity contribution in [1.29, 1.82) is 0 Å². The van der Waals surface area contributed by atoms with Gasteiger partial charge in [-0.2, -0.15) is 0 Å². The van der Waals surface area contributed by atoms with Crippen LogP contribution in [-0.2, 0) is 36.4 Å². The first kappa shape index (κ1) is 41.8. The summed E-state index contributed by atoms with van der Waals surface area (Å²) in [6.07, 6.45) is 2.31. The Labute approximate surface area is 302 Å². The zero-order chi connectivity index (χ0) is 38.2. The standard InChI is InChI=1S/C40H59F2N3O6/c1-37(2,3)27-14-13-15-28(23-27)40(18-11-10-12-19-40)43-25-33(46)32(22-26-20-29(41)24-30(42)21-26)44-35(48)31(45-36(49)51-39(7,8)9)16-17-34(47)50-38(4,5)6/h13-15,20-21,23-24,31-33,43,46H,10-12,16-19,22,25H2,1-9H3,(H,44,48)(H,45,49). The molecule has 0 heterocycles. The van der Waals surface area contributed by atoms with E-state index in [1.165, 1.54) is 5.56 Å². The predicted molar refractivity (Wildman–Crippen MR) is 194 cm³/mol. The first-order chi connectivity index (χ1) is 23.5. The van der Waals surface area contributed by atoms with Crippen LogP contribution in [0, 0.1) is 11.6 Å². The summed E-state index contributed by atoms with van der Waals surface area (Å²) in [5, 5.41) is 20.8. The van der Waals surface area contributed by atoms with E-state index >= 15 is 0 Å². The molecule has 11 heteroatoms. The van der Waals surface area contributed by atoms with Crippen LogP contribution >= 0.6 is 0 Å². The first-order valence-corrected chi connectivity index (χ1v) is 18.1. The lowest BCUT2D eigenvalue weighted by Gasteiger charge is -2.41. The molecule has 0 aliphatic heterocycles. The van der Waals surface area contributed by atoms with Crippen LogP contribution in [0.5, 0.6) is 0 Å². The minimum absolute atomic E-state index is 0.0601. The molecular formula is C40H59F2N3O6. The van der Waals surface area contributed by atoms with E-state index in [0.717, 1.165) is 55.9 Å². The number of halogens is 2. The van der Waals surface area contributed by atoms with E-state index in [0.29, 0.717) is 0 Å². The van der Waals surface area contributed by atoms with Gasteiger partial charge in [0, 0.05) is 24.6 Å². The number of alkyl carbamates (subject to hydrolysis) is 1. The molecule has 1 aliphatic carbocycles. The zero-order valence-corrected chi connectivity index (χ0v) is 31.9. The number of carbonyl (C=O) groups is 3. The van der Waals surface area contributed by atoms with Crippen LogP contribution in [0.4, 0.5) is 13.6 Å². The number of esters is 1. The number of aliphatic hydroxyl groups is 1. The molecule has 3 atom stereocenters. The Morgan fingerprint density at radius 1 is 0.843 bits per heavy atom. The highest BCUT2D eigenvalue weighted by Crippen LogP contribution is 2.38. The highest BCUT2D eigenvalue weighted by Gasteiger charge is 2.36. The van der Waals surface area contributed by atoms with Crippen LogP contribution in [0.2, 0.25) is 0 Å². The van der Waals surface area contributed by atoms with Crippen LogP contribution in [0.1, 0.15) is 124 Å². The van der Waals surface area contributed by atoms with Gasteiger partial charge in [-0.15, -0.1) is 0 Å². The van der Waals surface area contributed by atoms with Crippen molar-refractivity contribution in [1.82, 2.24) is 16.0 Å². The number of amides is 2. The van der Waals surface area contributed by atoms with Crippen molar-refractivity contribution in [3.63, 3.8) is 0 Å². The fourth-order valence-corrected chi connectivity index (χ4v) is 6.37. The Balaban J connectivity index is 1.90. The molecule has 2 aromatic carbocycles. The third-order valence-electron chi connectivity index (χ3n) is 8.87. The van der Waals surface area contributed by atoms with E-state index in [-0.39, 0.29) is 36.8 Å². The number of benzene rings is 2. The first-order valence-electron chi connectivity index (χ1n) is 18.1. The van der Waals surface area contributed by atoms with Crippen molar-refractivity contribution in [3.05, 3.63) is 70.8 Å². The van der Waals surface area contributed by atoms with Gasteiger partial charge in [-0.05, 0) is 101 Å². The van der Waals surface area contributed by atoms with Crippen LogP contribution in [-0.4, -0.2) is 59.0 Å². The molecule has 2 amide bonds. The lowest BCUT2D eigenvalue weighted by molar-refractivity contribution is -0.155. The summed E-state index contributed by atoms with van der Waals surface area (Å²) >= 11 is 0. The Morgan fingerprint density at radius 2 is 1.45 bits per heavy atom. The van der Waals surface area contributed by atoms with Crippen molar-refractivity contribution in [2.45, 2.75) is 154 Å². The number of nitrogens with one attached hydrogen (secondary N) is 3. The Kier molecular flexibility index (Phi) is 14.2. The van der Waals surface area contributed by atoms with Crippen molar-refractivity contribution in [3.8, 4) is 0 Å². The van der Waals surface area contributed by atoms with E-state index in [1.807, 2.05) is 0 Å². The number of aliphatic hydroxyl groups excluding tert-OH is 1. The molecule has 0 saturated heterocycles. The lowest BCUT2D eigenvalue weighted by Crippen LogP contribution is -2.57. The van der Waals surface area contributed by atoms with Crippen molar-refractivity contribution in [2.75, 3.05) is 6.54 Å². The average Bonchev–Trinajstić information content (AvgIpc) is 2.99. The van der Waals surface area contributed by atoms with E-state index in [2.05, 4.69) is 61.0 Å². The molecule has 0 bridgehead atoms. The Hall–Kier alpha value is -3.57. The lowest BCUT2D eigenvalue weighted by atomic mass is 9.74. The minimum atomic E-state index is -1.25. The van der Waals surface area contributed by atoms with Gasteiger partial charge < -0.3 is 30.5 Å². The second kappa shape index (κ2) is 17.3. The fraction of sp³-hybridized carbons (Fsp3) is 0.625. The van der Waals surface area contributed by atoms with Crippen LogP contribution in [0.25, 0.3) is 0 Å². The van der Waals surface area contributed by atoms with Gasteiger partial charge in [0.2, 0.25) is 5.91 Å². The van der Waals surface area contributed by atoms with Crippen molar-refractivity contribution >= 4 is 18.0 Å². The topological polar surface area (TPSA) is 126 Å². The third kappa shape index (κ3) is 13.8. The largest absolute Gasteiger partial charge is 0.460 e. The Morgan fingerprint density at radius 3 is 2.02 bits per heavy atom. The number of hydrogen-bond donors (Lipinski definition) is 4. The smallest absolute Gasteiger partial charge is 0.408 e. The van der Waals surface area contributed by atoms with Crippen LogP contribution in [0.15, 0.2) is 42.5 Å². The van der Waals surface area contributed by atoms with Gasteiger partial charge in [0.15, 0.2) is 0 Å². The number of ether oxygens (including phenoxy) is 2. The van der Waals surface area contributed by atoms with E-state index < -0.39 is 64.5 Å². The van der Waals surface area contributed by atoms with Gasteiger partial charge in [0.1, 0.15) is 28.9 Å². The maximum Gasteiger partial charge on any atom is 0.408 e. The maximum absolute atomic E-state index is 14.3. The monoisotopic (exact) mass is 715 g/mol. The van der Waals surface area contributed by atoms with Crippen LogP contribution < -0.4 is 16.0 Å². The fourth-order valence-electron chi connectivity index (χ4n) is 6.37. The quantitative estimate of drug-likeness (QED) is 0.163. The molecular weight excluding hydrogens is 656 g/mol. The summed E-state index contributed by atoms with van der Waals surface area (Å²) < 4.78 is 39.3. The molecule has 1 aliphatic rings. The molecule has 2 aromatic rings. The van der Waals surface area contributed by atoms with E-state index in [1.54, 1.807) is 41.5 Å². The van der Waals surface area contributed by atoms with Gasteiger partial charge >= 0.3 is 12.1 Å². The van der Waals surface area contributed by atoms with Gasteiger partial charge in [-0.3, -0.25) is 9.59 Å². The second-order valence-corrected chi connectivity index (χ2v) is 16.8. The second-order valence-electron chi connectivity index (χ2n) is 16.8. The average molecular weight is 716 g/mol.